The zero-order valence-electron chi connectivity index (χ0n) is 34.4. The molecule has 0 aromatic rings. The van der Waals surface area contributed by atoms with Crippen molar-refractivity contribution in [1.82, 2.24) is 0 Å². The highest BCUT2D eigenvalue weighted by atomic mass is 16.4. The molecule has 0 saturated heterocycles. The number of carboxylic acids is 1. The fourth-order valence-corrected chi connectivity index (χ4v) is 5.87. The van der Waals surface area contributed by atoms with Crippen molar-refractivity contribution in [3.05, 3.63) is 36.5 Å². The molecule has 10 N–H and O–H groups in total. The van der Waals surface area contributed by atoms with Crippen molar-refractivity contribution in [1.29, 1.82) is 0 Å². The SMILES string of the molecule is C#CC(O)/C=C/C(O)CCCC(O)CC#CC(O)C#CC(O)CCCC(O)/C=C/CCCC(O)/C=C/CCCCCCCCCCCCCC(O)C(O)C#CC(=O)O. The summed E-state index contributed by atoms with van der Waals surface area (Å²) < 4.78 is 0. The minimum absolute atomic E-state index is 0.129. The van der Waals surface area contributed by atoms with Crippen LogP contribution in [0.25, 0.3) is 0 Å². The van der Waals surface area contributed by atoms with Gasteiger partial charge in [-0.2, -0.15) is 0 Å². The molecule has 0 fully saturated rings. The van der Waals surface area contributed by atoms with Crippen molar-refractivity contribution in [2.24, 2.45) is 0 Å². The molecule has 0 spiro atoms. The maximum atomic E-state index is 10.4. The molecule has 0 saturated carbocycles. The molecule has 0 aromatic heterocycles. The van der Waals surface area contributed by atoms with Gasteiger partial charge >= 0.3 is 5.97 Å². The van der Waals surface area contributed by atoms with E-state index < -0.39 is 60.9 Å². The van der Waals surface area contributed by atoms with Crippen LogP contribution < -0.4 is 0 Å². The van der Waals surface area contributed by atoms with Crippen LogP contribution >= 0.6 is 0 Å². The van der Waals surface area contributed by atoms with Crippen LogP contribution in [0.15, 0.2) is 36.5 Å². The number of hydrogen-bond donors (Lipinski definition) is 10. The lowest BCUT2D eigenvalue weighted by atomic mass is 10.0. The van der Waals surface area contributed by atoms with Crippen LogP contribution in [0.5, 0.6) is 0 Å². The Labute approximate surface area is 348 Å². The summed E-state index contributed by atoms with van der Waals surface area (Å²) in [5.74, 6) is 15.0. The second-order valence-electron chi connectivity index (χ2n) is 14.8. The molecule has 9 atom stereocenters. The van der Waals surface area contributed by atoms with Crippen LogP contribution in [0.2, 0.25) is 0 Å². The van der Waals surface area contributed by atoms with Gasteiger partial charge in [0.2, 0.25) is 0 Å². The van der Waals surface area contributed by atoms with Gasteiger partial charge in [-0.15, -0.1) is 6.42 Å². The molecule has 0 radical (unpaired) electrons. The number of terminal acetylenes is 1. The van der Waals surface area contributed by atoms with Crippen molar-refractivity contribution in [2.75, 3.05) is 0 Å². The highest BCUT2D eigenvalue weighted by Crippen LogP contribution is 2.15. The van der Waals surface area contributed by atoms with Crippen LogP contribution in [0.3, 0.4) is 0 Å². The zero-order valence-corrected chi connectivity index (χ0v) is 34.4. The number of aliphatic hydroxyl groups is 9. The van der Waals surface area contributed by atoms with E-state index in [0.717, 1.165) is 51.4 Å². The van der Waals surface area contributed by atoms with Gasteiger partial charge in [0.1, 0.15) is 18.3 Å². The molecule has 9 unspecified atom stereocenters. The molecule has 0 aliphatic rings. The minimum Gasteiger partial charge on any atom is -0.472 e. The van der Waals surface area contributed by atoms with Crippen molar-refractivity contribution >= 4 is 5.97 Å². The number of unbranched alkanes of at least 4 members (excludes halogenated alkanes) is 12. The van der Waals surface area contributed by atoms with E-state index in [0.29, 0.717) is 51.4 Å². The van der Waals surface area contributed by atoms with Gasteiger partial charge in [-0.05, 0) is 83.1 Å². The lowest BCUT2D eigenvalue weighted by Crippen LogP contribution is -2.24. The van der Waals surface area contributed by atoms with Crippen LogP contribution in [-0.2, 0) is 4.79 Å². The minimum atomic E-state index is -1.32. The standard InChI is InChI=1S/C47H72O11/c1-2-38(48)32-33-42(52)28-20-26-41(51)27-21-30-44(54)35-34-43(53)29-19-25-40(50)24-17-14-16-23-39(49)22-15-12-10-8-6-4-3-5-7-9-11-13-18-31-45(55)46(56)36-37-47(57)58/h1,15,17,22,24,32-33,38-46,48-56H,3-14,16,18-20,23,25-29,31H2,(H,57,58)/b22-15+,24-17+,33-32+. The van der Waals surface area contributed by atoms with Crippen molar-refractivity contribution in [2.45, 2.75) is 203 Å². The van der Waals surface area contributed by atoms with Crippen molar-refractivity contribution in [3.8, 4) is 47.9 Å². The van der Waals surface area contributed by atoms with Gasteiger partial charge in [0.15, 0.2) is 6.10 Å². The summed E-state index contributed by atoms with van der Waals surface area (Å²) in [6.45, 7) is 0. The van der Waals surface area contributed by atoms with E-state index in [1.54, 1.807) is 6.08 Å². The fraction of sp³-hybridized carbons (Fsp3) is 0.681. The predicted octanol–water partition coefficient (Wildman–Crippen LogP) is 4.60. The molecule has 0 bridgehead atoms. The summed E-state index contributed by atoms with van der Waals surface area (Å²) in [5.41, 5.74) is 0. The number of carboxylic acid groups (broad SMARTS) is 1. The highest BCUT2D eigenvalue weighted by molar-refractivity contribution is 5.86. The lowest BCUT2D eigenvalue weighted by molar-refractivity contribution is -0.130. The molecule has 0 aliphatic heterocycles. The Balaban J connectivity index is 3.83. The first-order valence-electron chi connectivity index (χ1n) is 21.2. The number of hydrogen-bond acceptors (Lipinski definition) is 10. The highest BCUT2D eigenvalue weighted by Gasteiger charge is 2.13. The van der Waals surface area contributed by atoms with Crippen molar-refractivity contribution < 1.29 is 55.9 Å². The Morgan fingerprint density at radius 3 is 1.62 bits per heavy atom. The third-order valence-electron chi connectivity index (χ3n) is 9.31. The summed E-state index contributed by atoms with van der Waals surface area (Å²) in [6.07, 6.45) is 25.8. The molecule has 0 amide bonds. The Morgan fingerprint density at radius 2 is 1.03 bits per heavy atom. The number of aliphatic hydroxyl groups excluding tert-OH is 9. The average Bonchev–Trinajstić information content (AvgIpc) is 3.19. The second-order valence-corrected chi connectivity index (χ2v) is 14.8. The second kappa shape index (κ2) is 37.8. The molecule has 11 heteroatoms. The van der Waals surface area contributed by atoms with Gasteiger partial charge < -0.3 is 51.1 Å². The van der Waals surface area contributed by atoms with E-state index in [-0.39, 0.29) is 6.42 Å². The molecule has 0 rings (SSSR count). The Kier molecular flexibility index (Phi) is 35.6. The summed E-state index contributed by atoms with van der Waals surface area (Å²) in [6, 6.07) is 0. The van der Waals surface area contributed by atoms with E-state index in [4.69, 9.17) is 11.5 Å². The van der Waals surface area contributed by atoms with Gasteiger partial charge in [0.05, 0.1) is 30.5 Å². The number of carbonyl (C=O) groups is 1. The van der Waals surface area contributed by atoms with Gasteiger partial charge in [-0.1, -0.05) is 130 Å². The van der Waals surface area contributed by atoms with Crippen molar-refractivity contribution in [3.63, 3.8) is 0 Å². The molecule has 0 aromatic carbocycles. The van der Waals surface area contributed by atoms with Gasteiger partial charge in [-0.3, -0.25) is 0 Å². The maximum Gasteiger partial charge on any atom is 0.381 e. The molecular formula is C47H72O11. The van der Waals surface area contributed by atoms with Crippen LogP contribution in [0.1, 0.15) is 148 Å². The summed E-state index contributed by atoms with van der Waals surface area (Å²) in [4.78, 5) is 10.4. The van der Waals surface area contributed by atoms with E-state index in [2.05, 4.69) is 41.6 Å². The molecule has 326 valence electrons. The van der Waals surface area contributed by atoms with Gasteiger partial charge in [-0.25, -0.2) is 4.79 Å². The first kappa shape index (κ1) is 54.6. The summed E-state index contributed by atoms with van der Waals surface area (Å²) >= 11 is 0. The predicted molar refractivity (Wildman–Crippen MR) is 227 cm³/mol. The molecule has 0 heterocycles. The number of rotatable bonds is 32. The fourth-order valence-electron chi connectivity index (χ4n) is 5.87. The molecule has 0 aliphatic carbocycles. The Bertz CT molecular complexity index is 1370. The van der Waals surface area contributed by atoms with E-state index >= 15 is 0 Å². The molecule has 58 heavy (non-hydrogen) atoms. The van der Waals surface area contributed by atoms with Gasteiger partial charge in [0, 0.05) is 12.3 Å². The first-order chi connectivity index (χ1) is 27.8. The monoisotopic (exact) mass is 813 g/mol. The molecule has 11 nitrogen and oxygen atoms in total. The first-order valence-corrected chi connectivity index (χ1v) is 21.2. The number of aliphatic carboxylic acids is 1. The Morgan fingerprint density at radius 1 is 0.517 bits per heavy atom. The lowest BCUT2D eigenvalue weighted by Gasteiger charge is -2.12. The van der Waals surface area contributed by atoms with Crippen LogP contribution in [0.4, 0.5) is 0 Å². The largest absolute Gasteiger partial charge is 0.472 e. The van der Waals surface area contributed by atoms with Crippen LogP contribution in [-0.4, -0.2) is 112 Å². The third kappa shape index (κ3) is 36.9. The van der Waals surface area contributed by atoms with Crippen LogP contribution in [0, 0.1) is 47.9 Å². The maximum absolute atomic E-state index is 10.4. The van der Waals surface area contributed by atoms with Gasteiger partial charge in [0.25, 0.3) is 0 Å². The van der Waals surface area contributed by atoms with E-state index in [1.807, 2.05) is 18.1 Å². The smallest absolute Gasteiger partial charge is 0.381 e. The summed E-state index contributed by atoms with van der Waals surface area (Å²) in [7, 11) is 0. The topological polar surface area (TPSA) is 219 Å². The van der Waals surface area contributed by atoms with E-state index in [9.17, 15) is 50.8 Å². The third-order valence-corrected chi connectivity index (χ3v) is 9.31. The summed E-state index contributed by atoms with van der Waals surface area (Å²) in [5, 5.41) is 97.5. The quantitative estimate of drug-likeness (QED) is 0.0257. The Hall–Kier alpha value is -3.43. The normalized spacial score (nSPS) is 16.1. The average molecular weight is 813 g/mol. The molecular weight excluding hydrogens is 741 g/mol. The zero-order chi connectivity index (χ0) is 43.2. The number of allylic oxidation sites excluding steroid dienone is 2. The van der Waals surface area contributed by atoms with E-state index in [1.165, 1.54) is 50.7 Å².